The van der Waals surface area contributed by atoms with Crippen LogP contribution in [-0.4, -0.2) is 34.0 Å². The zero-order valence-electron chi connectivity index (χ0n) is 10.8. The van der Waals surface area contributed by atoms with E-state index in [-0.39, 0.29) is 11.3 Å². The highest BCUT2D eigenvalue weighted by Crippen LogP contribution is 2.33. The second-order valence-corrected chi connectivity index (χ2v) is 5.05. The zero-order valence-corrected chi connectivity index (χ0v) is 10.8. The molecule has 1 fully saturated rings. The molecule has 0 spiro atoms. The number of hydrogen-bond acceptors (Lipinski definition) is 4. The first-order valence-corrected chi connectivity index (χ1v) is 6.47. The molecule has 0 radical (unpaired) electrons. The SMILES string of the molecule is O=C(O)CC(O)C(O)c1cc(F)ccc1OCC1CC1. The van der Waals surface area contributed by atoms with Crippen LogP contribution in [-0.2, 0) is 4.79 Å². The molecule has 6 heteroatoms. The average molecular weight is 284 g/mol. The molecule has 1 aromatic rings. The van der Waals surface area contributed by atoms with E-state index in [4.69, 9.17) is 9.84 Å². The lowest BCUT2D eigenvalue weighted by molar-refractivity contribution is -0.141. The molecule has 2 rings (SSSR count). The van der Waals surface area contributed by atoms with Crippen LogP contribution in [0.4, 0.5) is 4.39 Å². The lowest BCUT2D eigenvalue weighted by Crippen LogP contribution is -2.22. The maximum atomic E-state index is 13.3. The van der Waals surface area contributed by atoms with E-state index in [2.05, 4.69) is 0 Å². The minimum absolute atomic E-state index is 0.0689. The lowest BCUT2D eigenvalue weighted by atomic mass is 10.0. The molecule has 0 aromatic heterocycles. The number of aliphatic hydroxyl groups excluding tert-OH is 2. The van der Waals surface area contributed by atoms with Crippen LogP contribution in [0.15, 0.2) is 18.2 Å². The van der Waals surface area contributed by atoms with Gasteiger partial charge >= 0.3 is 5.97 Å². The van der Waals surface area contributed by atoms with Gasteiger partial charge in [-0.3, -0.25) is 4.79 Å². The van der Waals surface area contributed by atoms with E-state index in [1.54, 1.807) is 0 Å². The number of rotatable bonds is 7. The Morgan fingerprint density at radius 3 is 2.70 bits per heavy atom. The molecule has 5 nitrogen and oxygen atoms in total. The molecule has 110 valence electrons. The van der Waals surface area contributed by atoms with Gasteiger partial charge in [-0.1, -0.05) is 0 Å². The third kappa shape index (κ3) is 3.91. The van der Waals surface area contributed by atoms with E-state index < -0.39 is 30.4 Å². The third-order valence-corrected chi connectivity index (χ3v) is 3.21. The molecule has 3 N–H and O–H groups in total. The molecule has 0 heterocycles. The number of aliphatic hydroxyl groups is 2. The van der Waals surface area contributed by atoms with Crippen molar-refractivity contribution in [3.63, 3.8) is 0 Å². The summed E-state index contributed by atoms with van der Waals surface area (Å²) >= 11 is 0. The van der Waals surface area contributed by atoms with Crippen LogP contribution < -0.4 is 4.74 Å². The Bertz CT molecular complexity index is 486. The van der Waals surface area contributed by atoms with Crippen molar-refractivity contribution in [2.75, 3.05) is 6.61 Å². The molecule has 2 unspecified atom stereocenters. The molecule has 0 saturated heterocycles. The summed E-state index contributed by atoms with van der Waals surface area (Å²) in [5.41, 5.74) is 0.0689. The van der Waals surface area contributed by atoms with E-state index >= 15 is 0 Å². The van der Waals surface area contributed by atoms with Gasteiger partial charge in [0.25, 0.3) is 0 Å². The maximum Gasteiger partial charge on any atom is 0.306 e. The summed E-state index contributed by atoms with van der Waals surface area (Å²) in [5.74, 6) is -1.07. The summed E-state index contributed by atoms with van der Waals surface area (Å²) in [7, 11) is 0. The van der Waals surface area contributed by atoms with Gasteiger partial charge in [-0.05, 0) is 37.0 Å². The Labute approximate surface area is 115 Å². The summed E-state index contributed by atoms with van der Waals surface area (Å²) in [6, 6.07) is 3.63. The van der Waals surface area contributed by atoms with Crippen molar-refractivity contribution in [3.05, 3.63) is 29.6 Å². The number of halogens is 1. The molecule has 1 aliphatic rings. The van der Waals surface area contributed by atoms with Crippen molar-refractivity contribution in [1.29, 1.82) is 0 Å². The van der Waals surface area contributed by atoms with Crippen LogP contribution in [0.5, 0.6) is 5.75 Å². The third-order valence-electron chi connectivity index (χ3n) is 3.21. The highest BCUT2D eigenvalue weighted by molar-refractivity contribution is 5.67. The minimum atomic E-state index is -1.52. The van der Waals surface area contributed by atoms with Crippen molar-refractivity contribution >= 4 is 5.97 Å². The number of ether oxygens (including phenoxy) is 1. The molecule has 1 saturated carbocycles. The van der Waals surface area contributed by atoms with E-state index in [0.717, 1.165) is 18.9 Å². The smallest absolute Gasteiger partial charge is 0.306 e. The Morgan fingerprint density at radius 2 is 2.10 bits per heavy atom. The monoisotopic (exact) mass is 284 g/mol. The standard InChI is InChI=1S/C14H17FO5/c15-9-3-4-12(20-7-8-1-2-8)10(5-9)14(19)11(16)6-13(17)18/h3-5,8,11,14,16,19H,1-2,6-7H2,(H,17,18). The van der Waals surface area contributed by atoms with Crippen LogP contribution in [0.1, 0.15) is 30.9 Å². The van der Waals surface area contributed by atoms with Gasteiger partial charge in [0.1, 0.15) is 17.7 Å². The fourth-order valence-corrected chi connectivity index (χ4v) is 1.87. The van der Waals surface area contributed by atoms with Crippen molar-refractivity contribution < 1.29 is 29.2 Å². The van der Waals surface area contributed by atoms with Gasteiger partial charge in [0.2, 0.25) is 0 Å². The van der Waals surface area contributed by atoms with E-state index in [9.17, 15) is 19.4 Å². The predicted octanol–water partition coefficient (Wildman–Crippen LogP) is 1.48. The molecule has 0 aliphatic heterocycles. The minimum Gasteiger partial charge on any atom is -0.493 e. The lowest BCUT2D eigenvalue weighted by Gasteiger charge is -2.20. The van der Waals surface area contributed by atoms with Crippen LogP contribution in [0, 0.1) is 11.7 Å². The topological polar surface area (TPSA) is 87.0 Å². The quantitative estimate of drug-likeness (QED) is 0.706. The number of carboxylic acids is 1. The first-order valence-electron chi connectivity index (χ1n) is 6.47. The second-order valence-electron chi connectivity index (χ2n) is 5.05. The number of hydrogen-bond donors (Lipinski definition) is 3. The van der Waals surface area contributed by atoms with Crippen LogP contribution in [0.3, 0.4) is 0 Å². The van der Waals surface area contributed by atoms with Crippen molar-refractivity contribution in [2.24, 2.45) is 5.92 Å². The highest BCUT2D eigenvalue weighted by atomic mass is 19.1. The van der Waals surface area contributed by atoms with Gasteiger partial charge in [0.05, 0.1) is 19.1 Å². The average Bonchev–Trinajstić information content (AvgIpc) is 3.19. The molecule has 0 bridgehead atoms. The summed E-state index contributed by atoms with van der Waals surface area (Å²) < 4.78 is 18.8. The van der Waals surface area contributed by atoms with Crippen molar-refractivity contribution in [3.8, 4) is 5.75 Å². The number of aliphatic carboxylic acids is 1. The van der Waals surface area contributed by atoms with Gasteiger partial charge in [0.15, 0.2) is 0 Å². The van der Waals surface area contributed by atoms with Crippen molar-refractivity contribution in [1.82, 2.24) is 0 Å². The number of carboxylic acid groups (broad SMARTS) is 1. The largest absolute Gasteiger partial charge is 0.493 e. The van der Waals surface area contributed by atoms with Gasteiger partial charge < -0.3 is 20.1 Å². The molecule has 20 heavy (non-hydrogen) atoms. The Morgan fingerprint density at radius 1 is 1.40 bits per heavy atom. The Balaban J connectivity index is 2.13. The fourth-order valence-electron chi connectivity index (χ4n) is 1.87. The second kappa shape index (κ2) is 6.19. The van der Waals surface area contributed by atoms with Crippen LogP contribution in [0.25, 0.3) is 0 Å². The van der Waals surface area contributed by atoms with Gasteiger partial charge in [0, 0.05) is 5.56 Å². The van der Waals surface area contributed by atoms with E-state index in [1.807, 2.05) is 0 Å². The zero-order chi connectivity index (χ0) is 14.7. The summed E-state index contributed by atoms with van der Waals surface area (Å²) in [6.07, 6.45) is -1.48. The van der Waals surface area contributed by atoms with E-state index in [0.29, 0.717) is 12.5 Å². The van der Waals surface area contributed by atoms with Crippen LogP contribution >= 0.6 is 0 Å². The summed E-state index contributed by atoms with van der Waals surface area (Å²) in [6.45, 7) is 0.473. The molecule has 1 aliphatic carbocycles. The van der Waals surface area contributed by atoms with Gasteiger partial charge in [-0.2, -0.15) is 0 Å². The molecule has 1 aromatic carbocycles. The number of benzene rings is 1. The van der Waals surface area contributed by atoms with Gasteiger partial charge in [-0.25, -0.2) is 4.39 Å². The first-order chi connectivity index (χ1) is 9.47. The Hall–Kier alpha value is -1.66. The summed E-state index contributed by atoms with van der Waals surface area (Å²) in [5, 5.41) is 28.2. The first kappa shape index (κ1) is 14.7. The normalized spacial score (nSPS) is 17.6. The van der Waals surface area contributed by atoms with Crippen molar-refractivity contribution in [2.45, 2.75) is 31.5 Å². The molecular formula is C14H17FO5. The number of carbonyl (C=O) groups is 1. The predicted molar refractivity (Wildman–Crippen MR) is 67.8 cm³/mol. The fraction of sp³-hybridized carbons (Fsp3) is 0.500. The molecular weight excluding hydrogens is 267 g/mol. The van der Waals surface area contributed by atoms with E-state index in [1.165, 1.54) is 12.1 Å². The maximum absolute atomic E-state index is 13.3. The molecule has 0 amide bonds. The Kier molecular flexibility index (Phi) is 4.57. The van der Waals surface area contributed by atoms with Gasteiger partial charge in [-0.15, -0.1) is 0 Å². The summed E-state index contributed by atoms with van der Waals surface area (Å²) in [4.78, 5) is 10.5. The molecule has 2 atom stereocenters. The highest BCUT2D eigenvalue weighted by Gasteiger charge is 2.26. The van der Waals surface area contributed by atoms with Crippen LogP contribution in [0.2, 0.25) is 0 Å².